The Morgan fingerprint density at radius 1 is 1.21 bits per heavy atom. The number of ether oxygens (including phenoxy) is 1. The van der Waals surface area contributed by atoms with Gasteiger partial charge in [-0.2, -0.15) is 0 Å². The van der Waals surface area contributed by atoms with Gasteiger partial charge in [0.05, 0.1) is 0 Å². The molecule has 0 unspecified atom stereocenters. The first-order valence-electron chi connectivity index (χ1n) is 9.87. The van der Waals surface area contributed by atoms with Crippen LogP contribution in [0.25, 0.3) is 10.8 Å². The number of likely N-dealkylation sites (N-methyl/N-ethyl adjacent to an activating group) is 1. The van der Waals surface area contributed by atoms with E-state index in [0.29, 0.717) is 12.5 Å². The van der Waals surface area contributed by atoms with Gasteiger partial charge in [0.25, 0.3) is 5.91 Å². The van der Waals surface area contributed by atoms with E-state index >= 15 is 0 Å². The Labute approximate surface area is 165 Å². The van der Waals surface area contributed by atoms with Crippen LogP contribution in [0.5, 0.6) is 0 Å². The van der Waals surface area contributed by atoms with Crippen molar-refractivity contribution in [3.63, 3.8) is 0 Å². The lowest BCUT2D eigenvalue weighted by molar-refractivity contribution is -0.123. The Kier molecular flexibility index (Phi) is 7.06. The van der Waals surface area contributed by atoms with Gasteiger partial charge in [0.2, 0.25) is 0 Å². The van der Waals surface area contributed by atoms with Crippen molar-refractivity contribution < 1.29 is 14.3 Å². The molecule has 1 aromatic heterocycles. The van der Waals surface area contributed by atoms with Crippen LogP contribution in [-0.4, -0.2) is 50.3 Å². The van der Waals surface area contributed by atoms with E-state index in [2.05, 4.69) is 50.8 Å². The number of rotatable bonds is 7. The first-order valence-corrected chi connectivity index (χ1v) is 9.87. The lowest BCUT2D eigenvalue weighted by Gasteiger charge is -2.33. The average Bonchev–Trinajstić information content (AvgIpc) is 2.75. The van der Waals surface area contributed by atoms with Gasteiger partial charge in [-0.05, 0) is 43.1 Å². The molecule has 3 rings (SSSR count). The Balaban J connectivity index is 1.38. The fraction of sp³-hybridized carbons (Fsp3) is 0.476. The molecule has 0 radical (unpaired) electrons. The molecule has 0 saturated carbocycles. The van der Waals surface area contributed by atoms with Crippen LogP contribution in [0.1, 0.15) is 25.7 Å². The molecule has 0 spiro atoms. The summed E-state index contributed by atoms with van der Waals surface area (Å²) in [6.07, 6.45) is 5.59. The number of carbonyl (C=O) groups is 2. The van der Waals surface area contributed by atoms with Crippen LogP contribution in [0, 0.1) is 5.92 Å². The van der Waals surface area contributed by atoms with E-state index < -0.39 is 6.09 Å². The van der Waals surface area contributed by atoms with Crippen molar-refractivity contribution >= 4 is 28.6 Å². The second-order valence-corrected chi connectivity index (χ2v) is 7.10. The average molecular weight is 384 g/mol. The summed E-state index contributed by atoms with van der Waals surface area (Å²) in [5.74, 6) is 1.43. The maximum absolute atomic E-state index is 11.5. The molecule has 150 valence electrons. The molecule has 0 bridgehead atoms. The van der Waals surface area contributed by atoms with Gasteiger partial charge in [0.1, 0.15) is 5.82 Å². The topological polar surface area (TPSA) is 83.6 Å². The van der Waals surface area contributed by atoms with Gasteiger partial charge >= 0.3 is 6.09 Å². The van der Waals surface area contributed by atoms with Crippen LogP contribution >= 0.6 is 0 Å². The normalized spacial score (nSPS) is 14.7. The fourth-order valence-electron chi connectivity index (χ4n) is 3.62. The minimum Gasteiger partial charge on any atom is -0.439 e. The lowest BCUT2D eigenvalue weighted by atomic mass is 9.92. The molecule has 1 aliphatic rings. The Bertz CT molecular complexity index is 798. The molecule has 2 aromatic rings. The van der Waals surface area contributed by atoms with Crippen molar-refractivity contribution in [1.82, 2.24) is 15.6 Å². The third-order valence-corrected chi connectivity index (χ3v) is 5.24. The summed E-state index contributed by atoms with van der Waals surface area (Å²) in [6.45, 7) is 2.33. The predicted octanol–water partition coefficient (Wildman–Crippen LogP) is 2.70. The molecule has 7 heteroatoms. The summed E-state index contributed by atoms with van der Waals surface area (Å²) in [7, 11) is 1.51. The van der Waals surface area contributed by atoms with Crippen LogP contribution < -0.4 is 15.5 Å². The van der Waals surface area contributed by atoms with E-state index in [1.165, 1.54) is 17.8 Å². The second-order valence-electron chi connectivity index (χ2n) is 7.10. The molecule has 2 heterocycles. The highest BCUT2D eigenvalue weighted by molar-refractivity contribution is 5.92. The number of hydrogen-bond acceptors (Lipinski definition) is 5. The zero-order chi connectivity index (χ0) is 19.8. The smallest absolute Gasteiger partial charge is 0.407 e. The molecular weight excluding hydrogens is 356 g/mol. The maximum Gasteiger partial charge on any atom is 0.407 e. The van der Waals surface area contributed by atoms with Crippen molar-refractivity contribution in [1.29, 1.82) is 0 Å². The Morgan fingerprint density at radius 2 is 2.00 bits per heavy atom. The molecular formula is C21H28N4O3. The van der Waals surface area contributed by atoms with Crippen LogP contribution in [0.3, 0.4) is 0 Å². The van der Waals surface area contributed by atoms with Crippen molar-refractivity contribution in [2.24, 2.45) is 5.92 Å². The minimum absolute atomic E-state index is 0.247. The van der Waals surface area contributed by atoms with Gasteiger partial charge in [-0.25, -0.2) is 9.78 Å². The zero-order valence-corrected chi connectivity index (χ0v) is 16.3. The van der Waals surface area contributed by atoms with Crippen LogP contribution in [0.15, 0.2) is 36.5 Å². The number of fused-ring (bicyclic) bond motifs is 1. The highest BCUT2D eigenvalue weighted by atomic mass is 16.6. The summed E-state index contributed by atoms with van der Waals surface area (Å²) < 4.78 is 4.81. The summed E-state index contributed by atoms with van der Waals surface area (Å²) in [6, 6.07) is 10.4. The number of pyridine rings is 1. The van der Waals surface area contributed by atoms with Gasteiger partial charge in [0, 0.05) is 38.3 Å². The predicted molar refractivity (Wildman–Crippen MR) is 109 cm³/mol. The molecule has 7 nitrogen and oxygen atoms in total. The molecule has 1 fully saturated rings. The van der Waals surface area contributed by atoms with Crippen LogP contribution in [0.2, 0.25) is 0 Å². The number of anilines is 1. The van der Waals surface area contributed by atoms with Gasteiger partial charge < -0.3 is 20.3 Å². The lowest BCUT2D eigenvalue weighted by Crippen LogP contribution is -2.35. The maximum atomic E-state index is 11.5. The van der Waals surface area contributed by atoms with Gasteiger partial charge in [0.15, 0.2) is 6.61 Å². The number of nitrogens with zero attached hydrogens (tertiary/aromatic N) is 2. The van der Waals surface area contributed by atoms with Crippen LogP contribution in [0.4, 0.5) is 10.6 Å². The number of nitrogens with one attached hydrogen (secondary N) is 2. The number of carbonyl (C=O) groups excluding carboxylic acids is 2. The largest absolute Gasteiger partial charge is 0.439 e. The number of benzene rings is 1. The third kappa shape index (κ3) is 5.34. The quantitative estimate of drug-likeness (QED) is 0.717. The van der Waals surface area contributed by atoms with E-state index in [1.807, 2.05) is 6.20 Å². The van der Waals surface area contributed by atoms with E-state index in [4.69, 9.17) is 4.74 Å². The molecule has 0 aliphatic carbocycles. The molecule has 2 amide bonds. The molecule has 1 aliphatic heterocycles. The molecule has 2 N–H and O–H groups in total. The van der Waals surface area contributed by atoms with Gasteiger partial charge in [-0.3, -0.25) is 4.79 Å². The summed E-state index contributed by atoms with van der Waals surface area (Å²) in [4.78, 5) is 29.5. The number of aromatic nitrogens is 1. The highest BCUT2D eigenvalue weighted by Gasteiger charge is 2.21. The Morgan fingerprint density at radius 3 is 2.79 bits per heavy atom. The fourth-order valence-corrected chi connectivity index (χ4v) is 3.62. The molecule has 1 saturated heterocycles. The SMILES string of the molecule is CNC(=O)COC(=O)NCCCC1CCN(c2nccc3ccccc23)CC1. The van der Waals surface area contributed by atoms with Gasteiger partial charge in [-0.15, -0.1) is 0 Å². The van der Waals surface area contributed by atoms with Crippen molar-refractivity contribution in [2.45, 2.75) is 25.7 Å². The first kappa shape index (κ1) is 19.9. The monoisotopic (exact) mass is 384 g/mol. The van der Waals surface area contributed by atoms with E-state index in [1.54, 1.807) is 0 Å². The standard InChI is InChI=1S/C21H28N4O3/c1-22-19(26)15-28-21(27)24-11-4-5-16-9-13-25(14-10-16)20-18-7-3-2-6-17(18)8-12-23-20/h2-3,6-8,12,16H,4-5,9-11,13-15H2,1H3,(H,22,26)(H,24,27). The van der Waals surface area contributed by atoms with E-state index in [9.17, 15) is 9.59 Å². The first-order chi connectivity index (χ1) is 13.7. The van der Waals surface area contributed by atoms with Gasteiger partial charge in [-0.1, -0.05) is 24.3 Å². The minimum atomic E-state index is -0.541. The summed E-state index contributed by atoms with van der Waals surface area (Å²) in [5.41, 5.74) is 0. The molecule has 1 aromatic carbocycles. The van der Waals surface area contributed by atoms with Crippen molar-refractivity contribution in [3.8, 4) is 0 Å². The number of amides is 2. The van der Waals surface area contributed by atoms with Crippen molar-refractivity contribution in [3.05, 3.63) is 36.5 Å². The molecule has 28 heavy (non-hydrogen) atoms. The zero-order valence-electron chi connectivity index (χ0n) is 16.3. The van der Waals surface area contributed by atoms with E-state index in [-0.39, 0.29) is 12.5 Å². The third-order valence-electron chi connectivity index (χ3n) is 5.24. The molecule has 0 atom stereocenters. The van der Waals surface area contributed by atoms with Crippen LogP contribution in [-0.2, 0) is 9.53 Å². The second kappa shape index (κ2) is 9.92. The van der Waals surface area contributed by atoms with Crippen molar-refractivity contribution in [2.75, 3.05) is 38.2 Å². The number of hydrogen-bond donors (Lipinski definition) is 2. The number of piperidine rings is 1. The summed E-state index contributed by atoms with van der Waals surface area (Å²) in [5, 5.41) is 7.54. The summed E-state index contributed by atoms with van der Waals surface area (Å²) >= 11 is 0. The highest BCUT2D eigenvalue weighted by Crippen LogP contribution is 2.29. The number of alkyl carbamates (subject to hydrolysis) is 1. The van der Waals surface area contributed by atoms with E-state index in [0.717, 1.165) is 44.6 Å². The Hall–Kier alpha value is -2.83.